The summed E-state index contributed by atoms with van der Waals surface area (Å²) >= 11 is 0. The van der Waals surface area contributed by atoms with Gasteiger partial charge in [0, 0.05) is 24.4 Å². The zero-order chi connectivity index (χ0) is 21.3. The molecule has 1 aliphatic rings. The highest BCUT2D eigenvalue weighted by Crippen LogP contribution is 2.32. The van der Waals surface area contributed by atoms with Gasteiger partial charge in [0.25, 0.3) is 17.5 Å². The first-order chi connectivity index (χ1) is 13.7. The third kappa shape index (κ3) is 3.68. The number of carbonyl (C=O) groups is 4. The third-order valence-electron chi connectivity index (χ3n) is 4.36. The van der Waals surface area contributed by atoms with Gasteiger partial charge >= 0.3 is 0 Å². The molecule has 2 aromatic rings. The molecule has 2 N–H and O–H groups in total. The van der Waals surface area contributed by atoms with Gasteiger partial charge in [0.1, 0.15) is 11.6 Å². The lowest BCUT2D eigenvalue weighted by Gasteiger charge is -2.21. The van der Waals surface area contributed by atoms with E-state index < -0.39 is 34.4 Å². The summed E-state index contributed by atoms with van der Waals surface area (Å²) in [5.41, 5.74) is 0.0181. The summed E-state index contributed by atoms with van der Waals surface area (Å²) in [6.07, 6.45) is 0. The summed E-state index contributed by atoms with van der Waals surface area (Å²) in [6.45, 7) is 2.72. The second-order valence-electron chi connectivity index (χ2n) is 6.36. The third-order valence-corrected chi connectivity index (χ3v) is 4.36. The average molecular weight is 396 g/mol. The van der Waals surface area contributed by atoms with E-state index in [4.69, 9.17) is 0 Å². The van der Waals surface area contributed by atoms with Gasteiger partial charge in [-0.2, -0.15) is 0 Å². The molecule has 0 bridgehead atoms. The number of benzene rings is 2. The molecule has 0 fully saturated rings. The van der Waals surface area contributed by atoms with Crippen LogP contribution in [0.5, 0.6) is 0 Å². The molecule has 29 heavy (non-hydrogen) atoms. The van der Waals surface area contributed by atoms with Crippen LogP contribution in [0.1, 0.15) is 34.6 Å². The van der Waals surface area contributed by atoms with Crippen LogP contribution in [0.3, 0.4) is 0 Å². The fourth-order valence-electron chi connectivity index (χ4n) is 2.99. The van der Waals surface area contributed by atoms with Gasteiger partial charge in [0.15, 0.2) is 0 Å². The van der Waals surface area contributed by atoms with Crippen LogP contribution in [0.2, 0.25) is 0 Å². The first-order valence-electron chi connectivity index (χ1n) is 8.54. The largest absolute Gasteiger partial charge is 0.326 e. The minimum Gasteiger partial charge on any atom is -0.326 e. The molecule has 1 atom stereocenters. The summed E-state index contributed by atoms with van der Waals surface area (Å²) < 4.78 is 0. The summed E-state index contributed by atoms with van der Waals surface area (Å²) in [6, 6.07) is 8.80. The predicted octanol–water partition coefficient (Wildman–Crippen LogP) is 2.18. The number of nitrogens with one attached hydrogen (secondary N) is 2. The van der Waals surface area contributed by atoms with Crippen molar-refractivity contribution in [3.8, 4) is 0 Å². The quantitative estimate of drug-likeness (QED) is 0.451. The van der Waals surface area contributed by atoms with E-state index in [1.807, 2.05) is 0 Å². The Morgan fingerprint density at radius 1 is 1.00 bits per heavy atom. The van der Waals surface area contributed by atoms with Crippen LogP contribution >= 0.6 is 0 Å². The van der Waals surface area contributed by atoms with Crippen LogP contribution in [0.15, 0.2) is 42.5 Å². The molecular weight excluding hydrogens is 380 g/mol. The molecule has 2 aromatic carbocycles. The van der Waals surface area contributed by atoms with Crippen molar-refractivity contribution in [1.82, 2.24) is 4.90 Å². The van der Waals surface area contributed by atoms with E-state index in [1.165, 1.54) is 26.0 Å². The Kier molecular flexibility index (Phi) is 5.09. The topological polar surface area (TPSA) is 139 Å². The van der Waals surface area contributed by atoms with Crippen molar-refractivity contribution in [2.24, 2.45) is 0 Å². The molecule has 0 saturated heterocycles. The van der Waals surface area contributed by atoms with E-state index in [1.54, 1.807) is 24.3 Å². The van der Waals surface area contributed by atoms with Crippen molar-refractivity contribution in [2.45, 2.75) is 19.9 Å². The molecule has 0 unspecified atom stereocenters. The van der Waals surface area contributed by atoms with Crippen molar-refractivity contribution in [3.63, 3.8) is 0 Å². The summed E-state index contributed by atoms with van der Waals surface area (Å²) in [4.78, 5) is 60.0. The number of nitrogens with zero attached hydrogens (tertiary/aromatic N) is 2. The lowest BCUT2D eigenvalue weighted by Crippen LogP contribution is -2.45. The Balaban J connectivity index is 1.79. The monoisotopic (exact) mass is 396 g/mol. The highest BCUT2D eigenvalue weighted by atomic mass is 16.6. The van der Waals surface area contributed by atoms with E-state index in [9.17, 15) is 29.3 Å². The summed E-state index contributed by atoms with van der Waals surface area (Å²) in [7, 11) is 0. The average Bonchev–Trinajstić information content (AvgIpc) is 2.93. The first kappa shape index (κ1) is 19.7. The van der Waals surface area contributed by atoms with E-state index in [2.05, 4.69) is 10.6 Å². The number of rotatable bonds is 5. The standard InChI is InChI=1S/C19H16N4O6/c1-10(17(25)21-13-8-6-12(7-9-13)20-11(2)24)22-18(26)14-4-3-5-15(23(28)29)16(14)19(22)27/h3-10H,1-2H3,(H,20,24)(H,21,25)/t10-/m0/s1. The Labute approximate surface area is 164 Å². The van der Waals surface area contributed by atoms with Crippen LogP contribution in [-0.2, 0) is 9.59 Å². The fourth-order valence-corrected chi connectivity index (χ4v) is 2.99. The zero-order valence-corrected chi connectivity index (χ0v) is 15.5. The lowest BCUT2D eigenvalue weighted by molar-refractivity contribution is -0.385. The Hall–Kier alpha value is -4.08. The van der Waals surface area contributed by atoms with Gasteiger partial charge in [0.2, 0.25) is 11.8 Å². The molecule has 0 radical (unpaired) electrons. The second kappa shape index (κ2) is 7.50. The van der Waals surface area contributed by atoms with Gasteiger partial charge in [-0.25, -0.2) is 0 Å². The maximum absolute atomic E-state index is 12.7. The number of carbonyl (C=O) groups excluding carboxylic acids is 4. The maximum Gasteiger partial charge on any atom is 0.282 e. The van der Waals surface area contributed by atoms with E-state index in [0.717, 1.165) is 6.07 Å². The number of amides is 4. The molecule has 0 aromatic heterocycles. The van der Waals surface area contributed by atoms with Gasteiger partial charge in [-0.05, 0) is 37.3 Å². The van der Waals surface area contributed by atoms with Crippen molar-refractivity contribution in [1.29, 1.82) is 0 Å². The first-order valence-corrected chi connectivity index (χ1v) is 8.54. The SMILES string of the molecule is CC(=O)Nc1ccc(NC(=O)[C@H](C)N2C(=O)c3cccc([N+](=O)[O-])c3C2=O)cc1. The highest BCUT2D eigenvalue weighted by molar-refractivity contribution is 6.24. The number of imide groups is 1. The van der Waals surface area contributed by atoms with Crippen molar-refractivity contribution < 1.29 is 24.1 Å². The molecule has 10 heteroatoms. The van der Waals surface area contributed by atoms with Crippen LogP contribution < -0.4 is 10.6 Å². The van der Waals surface area contributed by atoms with Crippen LogP contribution in [0, 0.1) is 10.1 Å². The van der Waals surface area contributed by atoms with Gasteiger partial charge in [-0.1, -0.05) is 6.07 Å². The molecule has 148 valence electrons. The molecule has 4 amide bonds. The maximum atomic E-state index is 12.7. The number of anilines is 2. The van der Waals surface area contributed by atoms with Crippen LogP contribution in [0.25, 0.3) is 0 Å². The fraction of sp³-hybridized carbons (Fsp3) is 0.158. The Bertz CT molecular complexity index is 1050. The lowest BCUT2D eigenvalue weighted by atomic mass is 10.1. The number of nitro benzene ring substituents is 1. The van der Waals surface area contributed by atoms with Crippen molar-refractivity contribution in [3.05, 3.63) is 63.7 Å². The van der Waals surface area contributed by atoms with Crippen LogP contribution in [-0.4, -0.2) is 39.5 Å². The van der Waals surface area contributed by atoms with Gasteiger partial charge < -0.3 is 10.6 Å². The molecule has 0 aliphatic carbocycles. The zero-order valence-electron chi connectivity index (χ0n) is 15.5. The van der Waals surface area contributed by atoms with E-state index in [-0.39, 0.29) is 17.0 Å². The van der Waals surface area contributed by atoms with Gasteiger partial charge in [-0.15, -0.1) is 0 Å². The summed E-state index contributed by atoms with van der Waals surface area (Å²) in [5.74, 6) is -2.54. The number of fused-ring (bicyclic) bond motifs is 1. The van der Waals surface area contributed by atoms with Crippen molar-refractivity contribution >= 4 is 40.7 Å². The number of nitro groups is 1. The minimum atomic E-state index is -1.20. The molecule has 1 heterocycles. The van der Waals surface area contributed by atoms with Gasteiger partial charge in [0.05, 0.1) is 10.5 Å². The second-order valence-corrected chi connectivity index (χ2v) is 6.36. The normalized spacial score (nSPS) is 13.7. The Morgan fingerprint density at radius 3 is 2.14 bits per heavy atom. The smallest absolute Gasteiger partial charge is 0.282 e. The number of hydrogen-bond acceptors (Lipinski definition) is 6. The van der Waals surface area contributed by atoms with Crippen LogP contribution in [0.4, 0.5) is 17.1 Å². The van der Waals surface area contributed by atoms with Gasteiger partial charge in [-0.3, -0.25) is 34.2 Å². The van der Waals surface area contributed by atoms with Crippen molar-refractivity contribution in [2.75, 3.05) is 10.6 Å². The molecule has 0 saturated carbocycles. The highest BCUT2D eigenvalue weighted by Gasteiger charge is 2.44. The van der Waals surface area contributed by atoms with E-state index in [0.29, 0.717) is 16.3 Å². The molecule has 10 nitrogen and oxygen atoms in total. The number of hydrogen-bond donors (Lipinski definition) is 2. The molecule has 3 rings (SSSR count). The molecular formula is C19H16N4O6. The molecule has 0 spiro atoms. The summed E-state index contributed by atoms with van der Waals surface area (Å²) in [5, 5.41) is 16.3. The Morgan fingerprint density at radius 2 is 1.59 bits per heavy atom. The minimum absolute atomic E-state index is 0.108. The molecule has 1 aliphatic heterocycles. The predicted molar refractivity (Wildman–Crippen MR) is 102 cm³/mol. The van der Waals surface area contributed by atoms with E-state index >= 15 is 0 Å².